The SMILES string of the molecule is CC1(C)CCc2c(N=Nc3ccccc3)c(O)c3ccccc3c2O1. The molecule has 0 aromatic heterocycles. The Morgan fingerprint density at radius 2 is 1.60 bits per heavy atom. The molecule has 0 fully saturated rings. The zero-order chi connectivity index (χ0) is 17.4. The number of nitrogens with zero attached hydrogens (tertiary/aromatic N) is 2. The van der Waals surface area contributed by atoms with Crippen LogP contribution in [0.15, 0.2) is 64.8 Å². The second-order valence-electron chi connectivity index (χ2n) is 6.95. The first-order valence-electron chi connectivity index (χ1n) is 8.47. The van der Waals surface area contributed by atoms with Gasteiger partial charge in [0.15, 0.2) is 5.75 Å². The van der Waals surface area contributed by atoms with Gasteiger partial charge in [0, 0.05) is 16.3 Å². The van der Waals surface area contributed by atoms with Crippen molar-refractivity contribution in [2.45, 2.75) is 32.3 Å². The summed E-state index contributed by atoms with van der Waals surface area (Å²) in [6, 6.07) is 17.3. The Morgan fingerprint density at radius 1 is 0.920 bits per heavy atom. The summed E-state index contributed by atoms with van der Waals surface area (Å²) in [7, 11) is 0. The van der Waals surface area contributed by atoms with Crippen LogP contribution in [0.25, 0.3) is 10.8 Å². The fourth-order valence-corrected chi connectivity index (χ4v) is 3.24. The van der Waals surface area contributed by atoms with E-state index >= 15 is 0 Å². The average Bonchev–Trinajstić information content (AvgIpc) is 2.62. The van der Waals surface area contributed by atoms with Crippen molar-refractivity contribution in [2.24, 2.45) is 10.2 Å². The average molecular weight is 332 g/mol. The first kappa shape index (κ1) is 15.6. The van der Waals surface area contributed by atoms with Crippen molar-refractivity contribution in [2.75, 3.05) is 0 Å². The lowest BCUT2D eigenvalue weighted by molar-refractivity contribution is 0.0869. The third-order valence-electron chi connectivity index (χ3n) is 4.59. The third kappa shape index (κ3) is 2.84. The number of hydrogen-bond donors (Lipinski definition) is 1. The van der Waals surface area contributed by atoms with Crippen LogP contribution >= 0.6 is 0 Å². The molecule has 3 aromatic rings. The maximum Gasteiger partial charge on any atom is 0.151 e. The first-order valence-corrected chi connectivity index (χ1v) is 8.47. The van der Waals surface area contributed by atoms with Crippen LogP contribution in [0.2, 0.25) is 0 Å². The van der Waals surface area contributed by atoms with Gasteiger partial charge in [-0.2, -0.15) is 5.11 Å². The van der Waals surface area contributed by atoms with E-state index in [1.807, 2.05) is 54.6 Å². The minimum atomic E-state index is -0.236. The number of fused-ring (bicyclic) bond motifs is 3. The van der Waals surface area contributed by atoms with Crippen LogP contribution in [0.1, 0.15) is 25.8 Å². The molecule has 25 heavy (non-hydrogen) atoms. The lowest BCUT2D eigenvalue weighted by atomic mass is 9.90. The molecule has 0 radical (unpaired) electrons. The Kier molecular flexibility index (Phi) is 3.68. The summed E-state index contributed by atoms with van der Waals surface area (Å²) in [4.78, 5) is 0. The van der Waals surface area contributed by atoms with Crippen molar-refractivity contribution in [3.8, 4) is 11.5 Å². The zero-order valence-corrected chi connectivity index (χ0v) is 14.4. The molecular formula is C21H20N2O2. The third-order valence-corrected chi connectivity index (χ3v) is 4.59. The molecule has 1 N–H and O–H groups in total. The molecule has 0 saturated heterocycles. The second-order valence-corrected chi connectivity index (χ2v) is 6.95. The van der Waals surface area contributed by atoms with Gasteiger partial charge >= 0.3 is 0 Å². The van der Waals surface area contributed by atoms with Gasteiger partial charge in [-0.15, -0.1) is 5.11 Å². The molecule has 0 unspecified atom stereocenters. The van der Waals surface area contributed by atoms with Gasteiger partial charge in [0.05, 0.1) is 5.69 Å². The van der Waals surface area contributed by atoms with Gasteiger partial charge in [0.25, 0.3) is 0 Å². The molecule has 4 heteroatoms. The van der Waals surface area contributed by atoms with Gasteiger partial charge < -0.3 is 9.84 Å². The molecule has 1 heterocycles. The van der Waals surface area contributed by atoms with E-state index in [1.165, 1.54) is 0 Å². The topological polar surface area (TPSA) is 54.2 Å². The molecule has 0 saturated carbocycles. The summed E-state index contributed by atoms with van der Waals surface area (Å²) < 4.78 is 6.27. The molecule has 0 amide bonds. The minimum absolute atomic E-state index is 0.164. The highest BCUT2D eigenvalue weighted by Crippen LogP contribution is 2.49. The summed E-state index contributed by atoms with van der Waals surface area (Å²) in [6.45, 7) is 4.17. The number of rotatable bonds is 2. The molecule has 1 aliphatic heterocycles. The molecular weight excluding hydrogens is 312 g/mol. The Hall–Kier alpha value is -2.88. The highest BCUT2D eigenvalue weighted by Gasteiger charge is 2.31. The van der Waals surface area contributed by atoms with Crippen molar-refractivity contribution in [1.29, 1.82) is 0 Å². The summed E-state index contributed by atoms with van der Waals surface area (Å²) in [5.41, 5.74) is 1.95. The van der Waals surface area contributed by atoms with Crippen LogP contribution in [0.3, 0.4) is 0 Å². The fourth-order valence-electron chi connectivity index (χ4n) is 3.24. The predicted molar refractivity (Wildman–Crippen MR) is 99.3 cm³/mol. The lowest BCUT2D eigenvalue weighted by Crippen LogP contribution is -2.32. The predicted octanol–water partition coefficient (Wildman–Crippen LogP) is 6.06. The fraction of sp³-hybridized carbons (Fsp3) is 0.238. The molecule has 0 aliphatic carbocycles. The summed E-state index contributed by atoms with van der Waals surface area (Å²) in [6.07, 6.45) is 1.66. The maximum absolute atomic E-state index is 10.8. The van der Waals surface area contributed by atoms with Crippen LogP contribution in [0.4, 0.5) is 11.4 Å². The Balaban J connectivity index is 1.92. The highest BCUT2D eigenvalue weighted by atomic mass is 16.5. The molecule has 0 spiro atoms. The van der Waals surface area contributed by atoms with Crippen molar-refractivity contribution in [1.82, 2.24) is 0 Å². The Labute approximate surface area is 146 Å². The van der Waals surface area contributed by atoms with E-state index in [0.29, 0.717) is 5.69 Å². The highest BCUT2D eigenvalue weighted by molar-refractivity contribution is 5.99. The van der Waals surface area contributed by atoms with E-state index in [0.717, 1.165) is 40.6 Å². The van der Waals surface area contributed by atoms with Crippen LogP contribution in [0, 0.1) is 0 Å². The Bertz CT molecular complexity index is 963. The van der Waals surface area contributed by atoms with E-state index in [4.69, 9.17) is 4.74 Å². The summed E-state index contributed by atoms with van der Waals surface area (Å²) >= 11 is 0. The number of azo groups is 1. The van der Waals surface area contributed by atoms with Crippen molar-refractivity contribution in [3.05, 3.63) is 60.2 Å². The molecule has 3 aromatic carbocycles. The molecule has 126 valence electrons. The maximum atomic E-state index is 10.8. The van der Waals surface area contributed by atoms with Crippen molar-refractivity contribution in [3.63, 3.8) is 0 Å². The lowest BCUT2D eigenvalue weighted by Gasteiger charge is -2.34. The van der Waals surface area contributed by atoms with Crippen molar-refractivity contribution >= 4 is 22.1 Å². The largest absolute Gasteiger partial charge is 0.505 e. The monoisotopic (exact) mass is 332 g/mol. The number of phenolic OH excluding ortho intramolecular Hbond substituents is 1. The molecule has 4 nitrogen and oxygen atoms in total. The van der Waals surface area contributed by atoms with E-state index in [-0.39, 0.29) is 11.4 Å². The van der Waals surface area contributed by atoms with Gasteiger partial charge in [-0.25, -0.2) is 0 Å². The standard InChI is InChI=1S/C21H20N2O2/c1-21(2)13-12-17-18(23-22-14-8-4-3-5-9-14)19(24)15-10-6-7-11-16(15)20(17)25-21/h3-11,24H,12-13H2,1-2H3. The number of benzene rings is 3. The van der Waals surface area contributed by atoms with Gasteiger partial charge in [-0.1, -0.05) is 42.5 Å². The van der Waals surface area contributed by atoms with Crippen molar-refractivity contribution < 1.29 is 9.84 Å². The van der Waals surface area contributed by atoms with Crippen LogP contribution < -0.4 is 4.74 Å². The van der Waals surface area contributed by atoms with E-state index in [1.54, 1.807) is 0 Å². The molecule has 0 atom stereocenters. The van der Waals surface area contributed by atoms with Crippen LogP contribution in [0.5, 0.6) is 11.5 Å². The smallest absolute Gasteiger partial charge is 0.151 e. The quantitative estimate of drug-likeness (QED) is 0.579. The zero-order valence-electron chi connectivity index (χ0n) is 14.4. The normalized spacial score (nSPS) is 15.9. The van der Waals surface area contributed by atoms with E-state index in [9.17, 15) is 5.11 Å². The van der Waals surface area contributed by atoms with Gasteiger partial charge in [-0.05, 0) is 38.8 Å². The van der Waals surface area contributed by atoms with E-state index in [2.05, 4.69) is 24.1 Å². The first-order chi connectivity index (χ1) is 12.1. The number of ether oxygens (including phenoxy) is 1. The number of aromatic hydroxyl groups is 1. The van der Waals surface area contributed by atoms with Crippen LogP contribution in [-0.4, -0.2) is 10.7 Å². The summed E-state index contributed by atoms with van der Waals surface area (Å²) in [5, 5.41) is 21.1. The molecule has 0 bridgehead atoms. The molecule has 4 rings (SSSR count). The summed E-state index contributed by atoms with van der Waals surface area (Å²) in [5.74, 6) is 0.976. The van der Waals surface area contributed by atoms with Crippen LogP contribution in [-0.2, 0) is 6.42 Å². The van der Waals surface area contributed by atoms with E-state index < -0.39 is 0 Å². The number of hydrogen-bond acceptors (Lipinski definition) is 4. The minimum Gasteiger partial charge on any atom is -0.505 e. The molecule has 1 aliphatic rings. The van der Waals surface area contributed by atoms with Gasteiger partial charge in [-0.3, -0.25) is 0 Å². The Morgan fingerprint density at radius 3 is 2.36 bits per heavy atom. The van der Waals surface area contributed by atoms with Gasteiger partial charge in [0.1, 0.15) is 17.0 Å². The number of phenols is 1. The second kappa shape index (κ2) is 5.88. The van der Waals surface area contributed by atoms with Gasteiger partial charge in [0.2, 0.25) is 0 Å².